The van der Waals surface area contributed by atoms with Crippen molar-refractivity contribution in [3.05, 3.63) is 30.0 Å². The molecule has 142 valence electrons. The van der Waals surface area contributed by atoms with Crippen LogP contribution in [-0.2, 0) is 6.42 Å². The standard InChI is InChI=1S/C19H24N6O2/c1-22-6-4-5-16-15-10-14(17(20)24-18(15)25-19(21)23-16)11-7-12(26-2)9-13(8-11)27-3/h7-10,22H,4-6H2,1-3H3,(H4,20,21,23,24,25). The number of nitrogen functional groups attached to an aromatic ring is 2. The molecule has 1 aromatic carbocycles. The molecule has 0 spiro atoms. The first-order valence-electron chi connectivity index (χ1n) is 8.66. The molecule has 0 fully saturated rings. The lowest BCUT2D eigenvalue weighted by Crippen LogP contribution is -2.10. The van der Waals surface area contributed by atoms with Crippen LogP contribution in [0.5, 0.6) is 11.5 Å². The third-order valence-corrected chi connectivity index (χ3v) is 4.32. The van der Waals surface area contributed by atoms with Gasteiger partial charge in [0.1, 0.15) is 17.3 Å². The highest BCUT2D eigenvalue weighted by molar-refractivity contribution is 5.89. The molecule has 3 aromatic rings. The fourth-order valence-electron chi connectivity index (χ4n) is 2.96. The Balaban J connectivity index is 2.15. The maximum Gasteiger partial charge on any atom is 0.222 e. The molecule has 2 aromatic heterocycles. The number of aromatic nitrogens is 3. The van der Waals surface area contributed by atoms with Gasteiger partial charge in [0.2, 0.25) is 5.95 Å². The Hall–Kier alpha value is -3.13. The van der Waals surface area contributed by atoms with Crippen LogP contribution in [0.1, 0.15) is 12.1 Å². The zero-order chi connectivity index (χ0) is 19.4. The number of hydrogen-bond donors (Lipinski definition) is 3. The quantitative estimate of drug-likeness (QED) is 0.542. The summed E-state index contributed by atoms with van der Waals surface area (Å²) in [7, 11) is 5.14. The average Bonchev–Trinajstić information content (AvgIpc) is 2.67. The number of rotatable bonds is 7. The van der Waals surface area contributed by atoms with Crippen molar-refractivity contribution >= 4 is 22.8 Å². The largest absolute Gasteiger partial charge is 0.497 e. The van der Waals surface area contributed by atoms with Crippen LogP contribution >= 0.6 is 0 Å². The highest BCUT2D eigenvalue weighted by Crippen LogP contribution is 2.34. The molecule has 0 amide bonds. The molecule has 27 heavy (non-hydrogen) atoms. The van der Waals surface area contributed by atoms with Gasteiger partial charge in [-0.3, -0.25) is 0 Å². The molecule has 3 rings (SSSR count). The fraction of sp³-hybridized carbons (Fsp3) is 0.316. The van der Waals surface area contributed by atoms with Crippen LogP contribution in [0.4, 0.5) is 11.8 Å². The van der Waals surface area contributed by atoms with Crippen molar-refractivity contribution in [2.75, 3.05) is 39.3 Å². The molecule has 0 aliphatic heterocycles. The van der Waals surface area contributed by atoms with Crippen LogP contribution in [-0.4, -0.2) is 42.8 Å². The van der Waals surface area contributed by atoms with Gasteiger partial charge in [-0.25, -0.2) is 9.97 Å². The van der Waals surface area contributed by atoms with Crippen molar-refractivity contribution in [3.8, 4) is 22.6 Å². The van der Waals surface area contributed by atoms with Crippen LogP contribution in [0.25, 0.3) is 22.2 Å². The minimum atomic E-state index is 0.199. The minimum absolute atomic E-state index is 0.199. The van der Waals surface area contributed by atoms with E-state index in [1.165, 1.54) is 0 Å². The second-order valence-electron chi connectivity index (χ2n) is 6.13. The molecule has 0 atom stereocenters. The molecule has 0 aliphatic rings. The Kier molecular flexibility index (Phi) is 5.56. The normalized spacial score (nSPS) is 10.9. The van der Waals surface area contributed by atoms with E-state index in [0.29, 0.717) is 23.0 Å². The number of anilines is 2. The van der Waals surface area contributed by atoms with E-state index in [0.717, 1.165) is 41.6 Å². The van der Waals surface area contributed by atoms with Gasteiger partial charge < -0.3 is 26.3 Å². The van der Waals surface area contributed by atoms with Crippen molar-refractivity contribution in [2.45, 2.75) is 12.8 Å². The van der Waals surface area contributed by atoms with Gasteiger partial charge >= 0.3 is 0 Å². The molecule has 8 heteroatoms. The van der Waals surface area contributed by atoms with Gasteiger partial charge in [-0.05, 0) is 50.2 Å². The Labute approximate surface area is 157 Å². The Morgan fingerprint density at radius 3 is 2.30 bits per heavy atom. The number of ether oxygens (including phenoxy) is 2. The Morgan fingerprint density at radius 1 is 0.963 bits per heavy atom. The highest BCUT2D eigenvalue weighted by Gasteiger charge is 2.14. The number of nitrogens with two attached hydrogens (primary N) is 2. The molecular weight excluding hydrogens is 344 g/mol. The first kappa shape index (κ1) is 18.7. The third kappa shape index (κ3) is 4.01. The lowest BCUT2D eigenvalue weighted by molar-refractivity contribution is 0.394. The van der Waals surface area contributed by atoms with E-state index in [4.69, 9.17) is 20.9 Å². The van der Waals surface area contributed by atoms with Crippen molar-refractivity contribution in [1.82, 2.24) is 20.3 Å². The van der Waals surface area contributed by atoms with Crippen LogP contribution < -0.4 is 26.3 Å². The molecule has 8 nitrogen and oxygen atoms in total. The summed E-state index contributed by atoms with van der Waals surface area (Å²) in [5, 5.41) is 3.97. The molecule has 0 saturated heterocycles. The summed E-state index contributed by atoms with van der Waals surface area (Å²) in [6.45, 7) is 0.883. The maximum absolute atomic E-state index is 6.22. The summed E-state index contributed by atoms with van der Waals surface area (Å²) < 4.78 is 10.7. The van der Waals surface area contributed by atoms with Crippen molar-refractivity contribution in [1.29, 1.82) is 0 Å². The third-order valence-electron chi connectivity index (χ3n) is 4.32. The van der Waals surface area contributed by atoms with Gasteiger partial charge in [-0.15, -0.1) is 0 Å². The van der Waals surface area contributed by atoms with Crippen molar-refractivity contribution in [3.63, 3.8) is 0 Å². The van der Waals surface area contributed by atoms with Crippen LogP contribution in [0.3, 0.4) is 0 Å². The van der Waals surface area contributed by atoms with E-state index in [2.05, 4.69) is 20.3 Å². The number of aryl methyl sites for hydroxylation is 1. The number of benzene rings is 1. The first-order valence-corrected chi connectivity index (χ1v) is 8.66. The molecule has 0 unspecified atom stereocenters. The molecular formula is C19H24N6O2. The monoisotopic (exact) mass is 368 g/mol. The highest BCUT2D eigenvalue weighted by atomic mass is 16.5. The summed E-state index contributed by atoms with van der Waals surface area (Å²) in [5.74, 6) is 1.90. The van der Waals surface area contributed by atoms with Gasteiger partial charge in [-0.2, -0.15) is 4.98 Å². The predicted octanol–water partition coefficient (Wildman–Crippen LogP) is 2.03. The smallest absolute Gasteiger partial charge is 0.222 e. The zero-order valence-electron chi connectivity index (χ0n) is 15.7. The summed E-state index contributed by atoms with van der Waals surface area (Å²) in [6, 6.07) is 7.54. The summed E-state index contributed by atoms with van der Waals surface area (Å²) in [6.07, 6.45) is 1.69. The van der Waals surface area contributed by atoms with Gasteiger partial charge in [0.25, 0.3) is 0 Å². The SMILES string of the molecule is CNCCCc1nc(N)nc2nc(N)c(-c3cc(OC)cc(OC)c3)cc12. The van der Waals surface area contributed by atoms with E-state index >= 15 is 0 Å². The number of methoxy groups -OCH3 is 2. The number of hydrogen-bond acceptors (Lipinski definition) is 8. The lowest BCUT2D eigenvalue weighted by atomic mass is 10.0. The second kappa shape index (κ2) is 8.05. The summed E-state index contributed by atoms with van der Waals surface area (Å²) in [4.78, 5) is 13.1. The maximum atomic E-state index is 6.22. The van der Waals surface area contributed by atoms with Gasteiger partial charge in [0.05, 0.1) is 19.9 Å². The van der Waals surface area contributed by atoms with Gasteiger partial charge in [0, 0.05) is 17.0 Å². The number of fused-ring (bicyclic) bond motifs is 1. The molecule has 5 N–H and O–H groups in total. The zero-order valence-corrected chi connectivity index (χ0v) is 15.7. The van der Waals surface area contributed by atoms with E-state index < -0.39 is 0 Å². The Morgan fingerprint density at radius 2 is 1.67 bits per heavy atom. The lowest BCUT2D eigenvalue weighted by Gasteiger charge is -2.12. The van der Waals surface area contributed by atoms with Crippen LogP contribution in [0.15, 0.2) is 24.3 Å². The van der Waals surface area contributed by atoms with Crippen molar-refractivity contribution < 1.29 is 9.47 Å². The molecule has 0 radical (unpaired) electrons. The molecule has 0 bridgehead atoms. The second-order valence-corrected chi connectivity index (χ2v) is 6.13. The average molecular weight is 368 g/mol. The topological polar surface area (TPSA) is 121 Å². The molecule has 0 aliphatic carbocycles. The number of pyridine rings is 1. The van der Waals surface area contributed by atoms with Crippen LogP contribution in [0.2, 0.25) is 0 Å². The van der Waals surface area contributed by atoms with E-state index in [9.17, 15) is 0 Å². The Bertz CT molecular complexity index is 938. The summed E-state index contributed by atoms with van der Waals surface area (Å²) >= 11 is 0. The van der Waals surface area contributed by atoms with Gasteiger partial charge in [-0.1, -0.05) is 0 Å². The fourth-order valence-corrected chi connectivity index (χ4v) is 2.96. The number of nitrogens with one attached hydrogen (secondary N) is 1. The first-order chi connectivity index (χ1) is 13.0. The van der Waals surface area contributed by atoms with E-state index in [1.54, 1.807) is 20.3 Å². The molecule has 2 heterocycles. The minimum Gasteiger partial charge on any atom is -0.497 e. The van der Waals surface area contributed by atoms with E-state index in [-0.39, 0.29) is 5.95 Å². The number of nitrogens with zero attached hydrogens (tertiary/aromatic N) is 3. The van der Waals surface area contributed by atoms with Gasteiger partial charge in [0.15, 0.2) is 5.65 Å². The molecule has 0 saturated carbocycles. The predicted molar refractivity (Wildman–Crippen MR) is 107 cm³/mol. The van der Waals surface area contributed by atoms with E-state index in [1.807, 2.05) is 25.2 Å². The van der Waals surface area contributed by atoms with Crippen LogP contribution in [0, 0.1) is 0 Å². The summed E-state index contributed by atoms with van der Waals surface area (Å²) in [5.41, 5.74) is 15.0. The van der Waals surface area contributed by atoms with Crippen molar-refractivity contribution in [2.24, 2.45) is 0 Å².